The van der Waals surface area contributed by atoms with Crippen molar-refractivity contribution in [3.63, 3.8) is 0 Å². The minimum atomic E-state index is -1.02. The first-order chi connectivity index (χ1) is 11.2. The smallest absolute Gasteiger partial charge is 0.326 e. The van der Waals surface area contributed by atoms with Gasteiger partial charge >= 0.3 is 5.97 Å². The van der Waals surface area contributed by atoms with Crippen LogP contribution in [0.1, 0.15) is 32.6 Å². The number of guanidine groups is 1. The van der Waals surface area contributed by atoms with Crippen molar-refractivity contribution in [3.05, 3.63) is 10.1 Å². The van der Waals surface area contributed by atoms with E-state index in [2.05, 4.69) is 5.32 Å². The van der Waals surface area contributed by atoms with Gasteiger partial charge in [-0.15, -0.1) is 24.8 Å². The number of halogens is 2. The van der Waals surface area contributed by atoms with Gasteiger partial charge in [0.15, 0.2) is 5.03 Å². The average Bonchev–Trinajstić information content (AvgIpc) is 2.49. The van der Waals surface area contributed by atoms with Crippen LogP contribution < -0.4 is 16.5 Å². The first-order valence-electron chi connectivity index (χ1n) is 7.74. The second kappa shape index (κ2) is 12.5. The molecule has 0 radical (unpaired) electrons. The molecule has 0 saturated carbocycles. The van der Waals surface area contributed by atoms with Gasteiger partial charge in [0.1, 0.15) is 6.04 Å². The first kappa shape index (κ1) is 26.4. The van der Waals surface area contributed by atoms with Crippen LogP contribution in [0.4, 0.5) is 0 Å². The number of nitrogens with two attached hydrogens (primary N) is 1. The van der Waals surface area contributed by atoms with E-state index in [-0.39, 0.29) is 43.7 Å². The number of hydrogen-bond acceptors (Lipinski definition) is 6. The Morgan fingerprint density at radius 1 is 1.46 bits per heavy atom. The van der Waals surface area contributed by atoms with E-state index in [0.717, 1.165) is 6.42 Å². The lowest BCUT2D eigenvalue weighted by Gasteiger charge is -2.37. The van der Waals surface area contributed by atoms with Gasteiger partial charge in [-0.05, 0) is 31.6 Å². The van der Waals surface area contributed by atoms with Crippen molar-refractivity contribution in [2.24, 2.45) is 11.7 Å². The number of hydrogen-bond donors (Lipinski definition) is 5. The van der Waals surface area contributed by atoms with Crippen LogP contribution in [0.3, 0.4) is 0 Å². The summed E-state index contributed by atoms with van der Waals surface area (Å²) in [6.07, 6.45) is 1.86. The van der Waals surface area contributed by atoms with Crippen molar-refractivity contribution >= 4 is 42.7 Å². The molecular weight excluding hydrogens is 391 g/mol. The van der Waals surface area contributed by atoms with E-state index < -0.39 is 35.0 Å². The maximum atomic E-state index is 12.4. The molecule has 0 aromatic rings. The van der Waals surface area contributed by atoms with Gasteiger partial charge in [-0.1, -0.05) is 12.3 Å². The Bertz CT molecular complexity index is 509. The summed E-state index contributed by atoms with van der Waals surface area (Å²) in [5.41, 5.74) is 7.50. The van der Waals surface area contributed by atoms with E-state index >= 15 is 0 Å². The molecular formula is C13H26Cl2N6O5. The number of carboxylic acid groups (broad SMARTS) is 1. The Balaban J connectivity index is 0. The molecule has 1 amide bonds. The molecule has 26 heavy (non-hydrogen) atoms. The van der Waals surface area contributed by atoms with Crippen molar-refractivity contribution in [1.82, 2.24) is 15.6 Å². The van der Waals surface area contributed by atoms with Crippen LogP contribution in [0.15, 0.2) is 0 Å². The molecule has 3 atom stereocenters. The Hall–Kier alpha value is -1.85. The minimum absolute atomic E-state index is 0. The largest absolute Gasteiger partial charge is 0.480 e. The fraction of sp³-hybridized carbons (Fsp3) is 0.769. The molecule has 152 valence electrons. The molecule has 1 aliphatic rings. The van der Waals surface area contributed by atoms with Crippen molar-refractivity contribution < 1.29 is 19.7 Å². The Morgan fingerprint density at radius 3 is 2.62 bits per heavy atom. The number of aliphatic carboxylic acids is 1. The molecule has 0 bridgehead atoms. The van der Waals surface area contributed by atoms with E-state index in [1.807, 2.05) is 6.92 Å². The maximum absolute atomic E-state index is 12.4. The van der Waals surface area contributed by atoms with Crippen LogP contribution in [0.5, 0.6) is 0 Å². The highest BCUT2D eigenvalue weighted by molar-refractivity contribution is 5.87. The lowest BCUT2D eigenvalue weighted by Crippen LogP contribution is -2.54. The van der Waals surface area contributed by atoms with Crippen LogP contribution in [0.25, 0.3) is 0 Å². The van der Waals surface area contributed by atoms with E-state index in [1.165, 1.54) is 4.90 Å². The molecule has 0 aliphatic carbocycles. The first-order valence-corrected chi connectivity index (χ1v) is 7.74. The fourth-order valence-electron chi connectivity index (χ4n) is 2.64. The molecule has 1 aliphatic heterocycles. The standard InChI is InChI=1S/C13H24N6O5.2ClH/c1-8-4-6-18(10(7-8)12(21)22)11(20)9(14)3-2-5-16-13(15)17-19(23)24;;/h8-10H,2-7,14H2,1H3,(H,21,22)(H3,15,16,17);2*1H/t8-,9-,10-;;/m0../s1. The summed E-state index contributed by atoms with van der Waals surface area (Å²) in [4.78, 5) is 35.1. The number of carbonyl (C=O) groups is 2. The summed E-state index contributed by atoms with van der Waals surface area (Å²) in [7, 11) is 0. The van der Waals surface area contributed by atoms with Crippen molar-refractivity contribution in [2.45, 2.75) is 44.7 Å². The van der Waals surface area contributed by atoms with Crippen molar-refractivity contribution in [1.29, 1.82) is 5.41 Å². The van der Waals surface area contributed by atoms with Crippen molar-refractivity contribution in [3.8, 4) is 0 Å². The highest BCUT2D eigenvalue weighted by atomic mass is 35.5. The van der Waals surface area contributed by atoms with Gasteiger partial charge in [-0.2, -0.15) is 0 Å². The van der Waals surface area contributed by atoms with Crippen molar-refractivity contribution in [2.75, 3.05) is 13.1 Å². The molecule has 0 unspecified atom stereocenters. The quantitative estimate of drug-likeness (QED) is 0.126. The number of piperidine rings is 1. The van der Waals surface area contributed by atoms with Gasteiger partial charge < -0.3 is 21.1 Å². The van der Waals surface area contributed by atoms with Gasteiger partial charge in [0.2, 0.25) is 5.91 Å². The Kier molecular flexibility index (Phi) is 12.7. The van der Waals surface area contributed by atoms with Gasteiger partial charge in [-0.25, -0.2) is 14.9 Å². The van der Waals surface area contributed by atoms with Gasteiger partial charge in [-0.3, -0.25) is 10.2 Å². The van der Waals surface area contributed by atoms with Gasteiger partial charge in [0.25, 0.3) is 5.96 Å². The van der Waals surface area contributed by atoms with Crippen LogP contribution in [-0.4, -0.2) is 58.0 Å². The van der Waals surface area contributed by atoms with E-state index in [1.54, 1.807) is 5.43 Å². The topological polar surface area (TPSA) is 175 Å². The van der Waals surface area contributed by atoms with Crippen LogP contribution >= 0.6 is 24.8 Å². The number of amides is 1. The molecule has 0 aromatic carbocycles. The highest BCUT2D eigenvalue weighted by Gasteiger charge is 2.36. The summed E-state index contributed by atoms with van der Waals surface area (Å²) in [6.45, 7) is 2.57. The highest BCUT2D eigenvalue weighted by Crippen LogP contribution is 2.23. The average molecular weight is 417 g/mol. The molecule has 1 fully saturated rings. The summed E-state index contributed by atoms with van der Waals surface area (Å²) in [5.74, 6) is -1.62. The number of likely N-dealkylation sites (tertiary alicyclic amines) is 1. The van der Waals surface area contributed by atoms with Gasteiger partial charge in [0, 0.05) is 13.1 Å². The lowest BCUT2D eigenvalue weighted by molar-refractivity contribution is -0.525. The monoisotopic (exact) mass is 416 g/mol. The van der Waals surface area contributed by atoms with E-state index in [9.17, 15) is 24.8 Å². The third-order valence-corrected chi connectivity index (χ3v) is 3.95. The van der Waals surface area contributed by atoms with E-state index in [4.69, 9.17) is 11.1 Å². The molecule has 0 spiro atoms. The molecule has 0 aromatic heterocycles. The summed E-state index contributed by atoms with van der Waals surface area (Å²) in [6, 6.07) is -1.68. The molecule has 1 saturated heterocycles. The summed E-state index contributed by atoms with van der Waals surface area (Å²) in [5, 5.41) is 28.2. The van der Waals surface area contributed by atoms with Gasteiger partial charge in [0.05, 0.1) is 6.04 Å². The summed E-state index contributed by atoms with van der Waals surface area (Å²) >= 11 is 0. The Labute approximate surface area is 163 Å². The maximum Gasteiger partial charge on any atom is 0.326 e. The number of nitrogens with one attached hydrogen (secondary N) is 3. The third kappa shape index (κ3) is 8.50. The molecule has 13 heteroatoms. The number of hydrazine groups is 1. The minimum Gasteiger partial charge on any atom is -0.480 e. The number of nitrogens with zero attached hydrogens (tertiary/aromatic N) is 2. The number of carbonyl (C=O) groups excluding carboxylic acids is 1. The summed E-state index contributed by atoms with van der Waals surface area (Å²) < 4.78 is 0. The second-order valence-electron chi connectivity index (χ2n) is 5.93. The zero-order chi connectivity index (χ0) is 18.3. The molecule has 1 heterocycles. The zero-order valence-electron chi connectivity index (χ0n) is 14.3. The lowest BCUT2D eigenvalue weighted by atomic mass is 9.91. The second-order valence-corrected chi connectivity index (χ2v) is 5.93. The van der Waals surface area contributed by atoms with Crippen LogP contribution in [0, 0.1) is 21.4 Å². The SMILES string of the molecule is C[C@H]1CCN(C(=O)[C@@H](N)CCCNC(=N)N[N+](=O)[O-])[C@H](C(=O)O)C1.Cl.Cl. The predicted octanol–water partition coefficient (Wildman–Crippen LogP) is -0.0451. The fourth-order valence-corrected chi connectivity index (χ4v) is 2.64. The Morgan fingerprint density at radius 2 is 2.08 bits per heavy atom. The number of carboxylic acids is 1. The number of rotatable bonds is 7. The predicted molar refractivity (Wildman–Crippen MR) is 99.1 cm³/mol. The molecule has 6 N–H and O–H groups in total. The third-order valence-electron chi connectivity index (χ3n) is 3.95. The normalized spacial score (nSPS) is 20.0. The number of nitro groups is 1. The van der Waals surface area contributed by atoms with E-state index in [0.29, 0.717) is 19.4 Å². The zero-order valence-corrected chi connectivity index (χ0v) is 16.0. The van der Waals surface area contributed by atoms with Crippen LogP contribution in [-0.2, 0) is 9.59 Å². The molecule has 11 nitrogen and oxygen atoms in total. The van der Waals surface area contributed by atoms with Crippen LogP contribution in [0.2, 0.25) is 0 Å². The molecule has 1 rings (SSSR count).